The van der Waals surface area contributed by atoms with Crippen molar-refractivity contribution in [2.45, 2.75) is 39.0 Å². The Labute approximate surface area is 209 Å². The predicted octanol–water partition coefficient (Wildman–Crippen LogP) is 4.19. The van der Waals surface area contributed by atoms with Gasteiger partial charge in [-0.2, -0.15) is 5.10 Å². The van der Waals surface area contributed by atoms with E-state index < -0.39 is 5.54 Å². The van der Waals surface area contributed by atoms with Crippen LogP contribution in [0.25, 0.3) is 11.3 Å². The molecule has 3 heterocycles. The van der Waals surface area contributed by atoms with E-state index in [-0.39, 0.29) is 24.9 Å². The summed E-state index contributed by atoms with van der Waals surface area (Å²) in [4.78, 5) is 29.0. The lowest BCUT2D eigenvalue weighted by molar-refractivity contribution is -0.133. The number of benzene rings is 2. The quantitative estimate of drug-likeness (QED) is 0.425. The highest BCUT2D eigenvalue weighted by atomic mass is 16.5. The second-order valence-electron chi connectivity index (χ2n) is 9.15. The fourth-order valence-electron chi connectivity index (χ4n) is 4.49. The summed E-state index contributed by atoms with van der Waals surface area (Å²) in [5.41, 5.74) is 1.74. The smallest absolute Gasteiger partial charge is 0.273 e. The van der Waals surface area contributed by atoms with Crippen LogP contribution < -0.4 is 10.1 Å². The van der Waals surface area contributed by atoms with E-state index in [0.29, 0.717) is 23.7 Å². The normalized spacial score (nSPS) is 17.1. The van der Waals surface area contributed by atoms with Crippen molar-refractivity contribution < 1.29 is 18.7 Å². The molecule has 0 unspecified atom stereocenters. The number of rotatable bonds is 7. The van der Waals surface area contributed by atoms with Gasteiger partial charge in [0.25, 0.3) is 5.91 Å². The summed E-state index contributed by atoms with van der Waals surface area (Å²) < 4.78 is 12.6. The number of fused-ring (bicyclic) bond motifs is 1. The molecule has 0 aliphatic carbocycles. The third kappa shape index (κ3) is 4.37. The van der Waals surface area contributed by atoms with Crippen molar-refractivity contribution in [1.29, 1.82) is 0 Å². The van der Waals surface area contributed by atoms with Crippen LogP contribution in [0.3, 0.4) is 0 Å². The van der Waals surface area contributed by atoms with Crippen LogP contribution >= 0.6 is 0 Å². The molecule has 8 nitrogen and oxygen atoms in total. The van der Waals surface area contributed by atoms with Crippen LogP contribution in [0.15, 0.2) is 77.2 Å². The molecule has 0 fully saturated rings. The molecule has 0 saturated carbocycles. The van der Waals surface area contributed by atoms with Gasteiger partial charge in [-0.25, -0.2) is 0 Å². The minimum atomic E-state index is -1.18. The number of methoxy groups -OCH3 is 1. The highest BCUT2D eigenvalue weighted by molar-refractivity contribution is 6.00. The zero-order chi connectivity index (χ0) is 25.3. The molecule has 1 aliphatic rings. The number of nitrogens with one attached hydrogen (secondary N) is 1. The van der Waals surface area contributed by atoms with Crippen LogP contribution in [0.2, 0.25) is 0 Å². The molecule has 2 aromatic carbocycles. The van der Waals surface area contributed by atoms with Crippen molar-refractivity contribution in [2.24, 2.45) is 0 Å². The number of hydrogen-bond donors (Lipinski definition) is 1. The molecule has 1 aliphatic heterocycles. The molecule has 2 aromatic heterocycles. The van der Waals surface area contributed by atoms with Crippen molar-refractivity contribution >= 4 is 11.8 Å². The van der Waals surface area contributed by atoms with Gasteiger partial charge in [-0.3, -0.25) is 14.3 Å². The molecular weight excluding hydrogens is 456 g/mol. The van der Waals surface area contributed by atoms with E-state index in [4.69, 9.17) is 14.3 Å². The average Bonchev–Trinajstić information content (AvgIpc) is 3.51. The van der Waals surface area contributed by atoms with Gasteiger partial charge in [-0.05, 0) is 61.9 Å². The second-order valence-corrected chi connectivity index (χ2v) is 9.15. The molecule has 0 radical (unpaired) electrons. The summed E-state index contributed by atoms with van der Waals surface area (Å²) in [6.07, 6.45) is 0. The Morgan fingerprint density at radius 1 is 1.11 bits per heavy atom. The van der Waals surface area contributed by atoms with Gasteiger partial charge in [0.1, 0.15) is 28.5 Å². The highest BCUT2D eigenvalue weighted by Crippen LogP contribution is 2.32. The largest absolute Gasteiger partial charge is 0.497 e. The van der Waals surface area contributed by atoms with Crippen LogP contribution in [0.4, 0.5) is 0 Å². The molecule has 1 atom stereocenters. The van der Waals surface area contributed by atoms with E-state index in [9.17, 15) is 9.59 Å². The van der Waals surface area contributed by atoms with Gasteiger partial charge in [0, 0.05) is 12.1 Å². The molecule has 8 heteroatoms. The van der Waals surface area contributed by atoms with Gasteiger partial charge in [0.2, 0.25) is 5.91 Å². The Balaban J connectivity index is 1.48. The van der Waals surface area contributed by atoms with E-state index in [1.54, 1.807) is 29.7 Å². The first-order valence-electron chi connectivity index (χ1n) is 11.8. The van der Waals surface area contributed by atoms with E-state index in [1.165, 1.54) is 0 Å². The molecule has 0 bridgehead atoms. The van der Waals surface area contributed by atoms with Crippen LogP contribution in [0, 0.1) is 6.92 Å². The number of aryl methyl sites for hydroxylation is 1. The summed E-state index contributed by atoms with van der Waals surface area (Å²) in [6.45, 7) is 4.37. The fourth-order valence-corrected chi connectivity index (χ4v) is 4.49. The molecule has 0 spiro atoms. The number of hydrogen-bond acceptors (Lipinski definition) is 5. The van der Waals surface area contributed by atoms with E-state index in [2.05, 4.69) is 5.32 Å². The summed E-state index contributed by atoms with van der Waals surface area (Å²) >= 11 is 0. The van der Waals surface area contributed by atoms with Crippen LogP contribution in [-0.4, -0.2) is 39.1 Å². The molecular formula is C28H28N4O4. The van der Waals surface area contributed by atoms with Crippen molar-refractivity contribution in [3.05, 3.63) is 95.6 Å². The van der Waals surface area contributed by atoms with Crippen LogP contribution in [0.1, 0.15) is 34.5 Å². The van der Waals surface area contributed by atoms with Gasteiger partial charge in [0.15, 0.2) is 0 Å². The standard InChI is InChI=1S/C28H28N4O4/c1-19-9-12-23(36-19)17-31-26(33)25-15-24(21-10-13-22(35-3)14-11-21)30-32(25)18-28(31,2)27(34)29-16-20-7-5-4-6-8-20/h4-15H,16-18H2,1-3H3,(H,29,34)/t28-/m1/s1. The number of carbonyl (C=O) groups excluding carboxylic acids is 2. The maximum Gasteiger partial charge on any atom is 0.273 e. The zero-order valence-electron chi connectivity index (χ0n) is 20.5. The van der Waals surface area contributed by atoms with Crippen LogP contribution in [0.5, 0.6) is 5.75 Å². The van der Waals surface area contributed by atoms with Gasteiger partial charge in [-0.15, -0.1) is 0 Å². The van der Waals surface area contributed by atoms with Crippen molar-refractivity contribution in [3.8, 4) is 17.0 Å². The third-order valence-electron chi connectivity index (χ3n) is 6.58. The maximum atomic E-state index is 13.8. The monoisotopic (exact) mass is 484 g/mol. The van der Waals surface area contributed by atoms with Gasteiger partial charge >= 0.3 is 0 Å². The van der Waals surface area contributed by atoms with Crippen molar-refractivity contribution in [2.75, 3.05) is 7.11 Å². The number of furan rings is 1. The third-order valence-corrected chi connectivity index (χ3v) is 6.58. The molecule has 2 amide bonds. The number of amides is 2. The Kier molecular flexibility index (Phi) is 6.10. The number of ether oxygens (including phenoxy) is 1. The van der Waals surface area contributed by atoms with Gasteiger partial charge in [0.05, 0.1) is 25.9 Å². The Bertz CT molecular complexity index is 1390. The molecule has 0 saturated heterocycles. The zero-order valence-corrected chi connectivity index (χ0v) is 20.5. The second kappa shape index (κ2) is 9.37. The highest BCUT2D eigenvalue weighted by Gasteiger charge is 2.48. The maximum absolute atomic E-state index is 13.8. The number of aromatic nitrogens is 2. The fraction of sp³-hybridized carbons (Fsp3) is 0.250. The van der Waals surface area contributed by atoms with E-state index >= 15 is 0 Å². The summed E-state index contributed by atoms with van der Waals surface area (Å²) in [5, 5.41) is 7.71. The minimum absolute atomic E-state index is 0.172. The van der Waals surface area contributed by atoms with Crippen LogP contribution in [-0.2, 0) is 24.4 Å². The number of nitrogens with zero attached hydrogens (tertiary/aromatic N) is 3. The molecule has 36 heavy (non-hydrogen) atoms. The topological polar surface area (TPSA) is 89.6 Å². The SMILES string of the molecule is COc1ccc(-c2cc3n(n2)C[C@](C)(C(=O)NCc2ccccc2)N(Cc2ccc(C)o2)C3=O)cc1. The minimum Gasteiger partial charge on any atom is -0.497 e. The van der Waals surface area contributed by atoms with Gasteiger partial charge < -0.3 is 19.4 Å². The predicted molar refractivity (Wildman–Crippen MR) is 134 cm³/mol. The van der Waals surface area contributed by atoms with Crippen molar-refractivity contribution in [1.82, 2.24) is 20.0 Å². The molecule has 4 aromatic rings. The summed E-state index contributed by atoms with van der Waals surface area (Å²) in [7, 11) is 1.61. The van der Waals surface area contributed by atoms with E-state index in [0.717, 1.165) is 22.6 Å². The lowest BCUT2D eigenvalue weighted by Gasteiger charge is -2.42. The Morgan fingerprint density at radius 3 is 2.53 bits per heavy atom. The first-order chi connectivity index (χ1) is 17.4. The average molecular weight is 485 g/mol. The molecule has 184 valence electrons. The van der Waals surface area contributed by atoms with Gasteiger partial charge in [-0.1, -0.05) is 30.3 Å². The van der Waals surface area contributed by atoms with E-state index in [1.807, 2.05) is 73.7 Å². The molecule has 5 rings (SSSR count). The summed E-state index contributed by atoms with van der Waals surface area (Å²) in [6, 6.07) is 22.6. The lowest BCUT2D eigenvalue weighted by atomic mass is 9.94. The first kappa shape index (κ1) is 23.4. The first-order valence-corrected chi connectivity index (χ1v) is 11.8. The summed E-state index contributed by atoms with van der Waals surface area (Å²) in [5.74, 6) is 1.57. The molecule has 1 N–H and O–H groups in total. The Hall–Kier alpha value is -4.33. The lowest BCUT2D eigenvalue weighted by Crippen LogP contribution is -2.63. The number of carbonyl (C=O) groups is 2. The Morgan fingerprint density at radius 2 is 1.86 bits per heavy atom. The van der Waals surface area contributed by atoms with Crippen molar-refractivity contribution in [3.63, 3.8) is 0 Å².